The molecule has 0 aliphatic heterocycles. The van der Waals surface area contributed by atoms with Gasteiger partial charge in [0.1, 0.15) is 17.8 Å². The highest BCUT2D eigenvalue weighted by Crippen LogP contribution is 2.10. The van der Waals surface area contributed by atoms with Crippen LogP contribution in [0.2, 0.25) is 0 Å². The first-order valence-corrected chi connectivity index (χ1v) is 6.16. The molecule has 0 fully saturated rings. The van der Waals surface area contributed by atoms with Crippen LogP contribution in [0.3, 0.4) is 0 Å². The third-order valence-corrected chi connectivity index (χ3v) is 2.49. The predicted octanol–water partition coefficient (Wildman–Crippen LogP) is 0.975. The van der Waals surface area contributed by atoms with E-state index in [0.717, 1.165) is 0 Å². The van der Waals surface area contributed by atoms with Crippen molar-refractivity contribution in [2.45, 2.75) is 13.8 Å². The Morgan fingerprint density at radius 2 is 2.10 bits per heavy atom. The van der Waals surface area contributed by atoms with Gasteiger partial charge >= 0.3 is 0 Å². The molecule has 0 saturated heterocycles. The first kappa shape index (κ1) is 13.7. The fourth-order valence-electron chi connectivity index (χ4n) is 1.63. The Kier molecular flexibility index (Phi) is 4.09. The van der Waals surface area contributed by atoms with Gasteiger partial charge in [0.2, 0.25) is 5.91 Å². The summed E-state index contributed by atoms with van der Waals surface area (Å²) in [5, 5.41) is 5.31. The molecule has 2 amide bonds. The average molecular weight is 273 g/mol. The second kappa shape index (κ2) is 5.96. The summed E-state index contributed by atoms with van der Waals surface area (Å²) in [7, 11) is 0. The van der Waals surface area contributed by atoms with Gasteiger partial charge in [-0.2, -0.15) is 0 Å². The number of carbonyl (C=O) groups excluding carboxylic acids is 2. The molecule has 2 aromatic heterocycles. The third-order valence-electron chi connectivity index (χ3n) is 2.49. The fraction of sp³-hybridized carbons (Fsp3) is 0.231. The standard InChI is InChI=1S/C13H15N5O2/c1-3-14-13(20)11-7-18(8-16-11)12-5-4-10(6-15-12)17-9(2)19/h4-8H,3H2,1-2H3,(H,14,20)(H,17,19). The van der Waals surface area contributed by atoms with Gasteiger partial charge in [0.15, 0.2) is 0 Å². The minimum Gasteiger partial charge on any atom is -0.351 e. The highest BCUT2D eigenvalue weighted by molar-refractivity contribution is 5.92. The molecule has 2 N–H and O–H groups in total. The van der Waals surface area contributed by atoms with E-state index < -0.39 is 0 Å². The van der Waals surface area contributed by atoms with Crippen molar-refractivity contribution in [2.75, 3.05) is 11.9 Å². The molecule has 2 aromatic rings. The second-order valence-electron chi connectivity index (χ2n) is 4.11. The molecule has 2 heterocycles. The molecule has 0 aliphatic carbocycles. The lowest BCUT2D eigenvalue weighted by molar-refractivity contribution is -0.114. The van der Waals surface area contributed by atoms with Gasteiger partial charge in [-0.05, 0) is 19.1 Å². The summed E-state index contributed by atoms with van der Waals surface area (Å²) in [4.78, 5) is 30.7. The van der Waals surface area contributed by atoms with Crippen molar-refractivity contribution >= 4 is 17.5 Å². The van der Waals surface area contributed by atoms with Gasteiger partial charge in [-0.1, -0.05) is 0 Å². The van der Waals surface area contributed by atoms with Gasteiger partial charge in [0.25, 0.3) is 5.91 Å². The third kappa shape index (κ3) is 3.19. The number of nitrogens with zero attached hydrogens (tertiary/aromatic N) is 3. The van der Waals surface area contributed by atoms with E-state index in [1.807, 2.05) is 6.92 Å². The Labute approximate surface area is 116 Å². The van der Waals surface area contributed by atoms with E-state index in [1.54, 1.807) is 29.1 Å². The Bertz CT molecular complexity index is 618. The maximum Gasteiger partial charge on any atom is 0.271 e. The van der Waals surface area contributed by atoms with E-state index in [4.69, 9.17) is 0 Å². The van der Waals surface area contributed by atoms with E-state index in [0.29, 0.717) is 23.7 Å². The number of anilines is 1. The number of amides is 2. The average Bonchev–Trinajstić information content (AvgIpc) is 2.89. The zero-order chi connectivity index (χ0) is 14.5. The monoisotopic (exact) mass is 273 g/mol. The van der Waals surface area contributed by atoms with Gasteiger partial charge in [-0.3, -0.25) is 14.2 Å². The van der Waals surface area contributed by atoms with Crippen LogP contribution in [0.25, 0.3) is 5.82 Å². The molecule has 0 aromatic carbocycles. The predicted molar refractivity (Wildman–Crippen MR) is 73.7 cm³/mol. The number of hydrogen-bond donors (Lipinski definition) is 2. The van der Waals surface area contributed by atoms with Crippen LogP contribution < -0.4 is 10.6 Å². The zero-order valence-corrected chi connectivity index (χ0v) is 11.3. The quantitative estimate of drug-likeness (QED) is 0.869. The van der Waals surface area contributed by atoms with Crippen molar-refractivity contribution < 1.29 is 9.59 Å². The fourth-order valence-corrected chi connectivity index (χ4v) is 1.63. The Balaban J connectivity index is 2.15. The highest BCUT2D eigenvalue weighted by atomic mass is 16.2. The lowest BCUT2D eigenvalue weighted by Crippen LogP contribution is -2.22. The van der Waals surface area contributed by atoms with Crippen LogP contribution in [-0.4, -0.2) is 32.9 Å². The molecule has 2 rings (SSSR count). The molecule has 7 heteroatoms. The molecule has 0 radical (unpaired) electrons. The molecular weight excluding hydrogens is 258 g/mol. The highest BCUT2D eigenvalue weighted by Gasteiger charge is 2.09. The number of nitrogens with one attached hydrogen (secondary N) is 2. The van der Waals surface area contributed by atoms with Crippen molar-refractivity contribution in [1.29, 1.82) is 0 Å². The summed E-state index contributed by atoms with van der Waals surface area (Å²) < 4.78 is 1.64. The molecule has 104 valence electrons. The second-order valence-corrected chi connectivity index (χ2v) is 4.11. The number of hydrogen-bond acceptors (Lipinski definition) is 4. The Morgan fingerprint density at radius 1 is 1.30 bits per heavy atom. The smallest absolute Gasteiger partial charge is 0.271 e. The molecule has 0 saturated carbocycles. The first-order valence-electron chi connectivity index (χ1n) is 6.16. The van der Waals surface area contributed by atoms with Gasteiger partial charge in [0.05, 0.1) is 11.9 Å². The van der Waals surface area contributed by atoms with Gasteiger partial charge in [-0.15, -0.1) is 0 Å². The zero-order valence-electron chi connectivity index (χ0n) is 11.3. The topological polar surface area (TPSA) is 88.9 Å². The van der Waals surface area contributed by atoms with Crippen molar-refractivity contribution in [2.24, 2.45) is 0 Å². The van der Waals surface area contributed by atoms with E-state index in [-0.39, 0.29) is 11.8 Å². The van der Waals surface area contributed by atoms with Crippen LogP contribution >= 0.6 is 0 Å². The number of rotatable bonds is 4. The molecule has 0 aliphatic rings. The van der Waals surface area contributed by atoms with Crippen molar-refractivity contribution in [3.05, 3.63) is 36.5 Å². The summed E-state index contributed by atoms with van der Waals surface area (Å²) in [6.07, 6.45) is 4.67. The van der Waals surface area contributed by atoms with Crippen molar-refractivity contribution in [3.8, 4) is 5.82 Å². The molecule has 20 heavy (non-hydrogen) atoms. The number of aromatic nitrogens is 3. The number of pyridine rings is 1. The minimum atomic E-state index is -0.221. The Morgan fingerprint density at radius 3 is 2.70 bits per heavy atom. The normalized spacial score (nSPS) is 10.1. The van der Waals surface area contributed by atoms with Crippen LogP contribution in [0, 0.1) is 0 Å². The molecule has 7 nitrogen and oxygen atoms in total. The lowest BCUT2D eigenvalue weighted by atomic mass is 10.4. The SMILES string of the molecule is CCNC(=O)c1cn(-c2ccc(NC(C)=O)cn2)cn1. The van der Waals surface area contributed by atoms with Crippen LogP contribution in [0.4, 0.5) is 5.69 Å². The van der Waals surface area contributed by atoms with E-state index in [2.05, 4.69) is 20.6 Å². The van der Waals surface area contributed by atoms with Crippen molar-refractivity contribution in [1.82, 2.24) is 19.9 Å². The van der Waals surface area contributed by atoms with Crippen LogP contribution in [-0.2, 0) is 4.79 Å². The van der Waals surface area contributed by atoms with Gasteiger partial charge < -0.3 is 10.6 Å². The largest absolute Gasteiger partial charge is 0.351 e. The minimum absolute atomic E-state index is 0.152. The summed E-state index contributed by atoms with van der Waals surface area (Å²) in [5.41, 5.74) is 0.949. The molecule has 0 unspecified atom stereocenters. The molecule has 0 atom stereocenters. The van der Waals surface area contributed by atoms with E-state index in [1.165, 1.54) is 13.3 Å². The molecule has 0 bridgehead atoms. The van der Waals surface area contributed by atoms with Crippen LogP contribution in [0.15, 0.2) is 30.9 Å². The van der Waals surface area contributed by atoms with E-state index >= 15 is 0 Å². The van der Waals surface area contributed by atoms with Crippen molar-refractivity contribution in [3.63, 3.8) is 0 Å². The maximum absolute atomic E-state index is 11.6. The summed E-state index contributed by atoms with van der Waals surface area (Å²) >= 11 is 0. The van der Waals surface area contributed by atoms with Gasteiger partial charge in [0, 0.05) is 19.7 Å². The summed E-state index contributed by atoms with van der Waals surface area (Å²) in [5.74, 6) is 0.240. The number of imidazole rings is 1. The summed E-state index contributed by atoms with van der Waals surface area (Å²) in [6, 6.07) is 3.46. The van der Waals surface area contributed by atoms with Crippen LogP contribution in [0.5, 0.6) is 0 Å². The number of carbonyl (C=O) groups is 2. The Hall–Kier alpha value is -2.70. The van der Waals surface area contributed by atoms with Crippen LogP contribution in [0.1, 0.15) is 24.3 Å². The molecule has 0 spiro atoms. The van der Waals surface area contributed by atoms with Gasteiger partial charge in [-0.25, -0.2) is 9.97 Å². The molecular formula is C13H15N5O2. The first-order chi connectivity index (χ1) is 9.60. The maximum atomic E-state index is 11.6. The lowest BCUT2D eigenvalue weighted by Gasteiger charge is -2.03. The summed E-state index contributed by atoms with van der Waals surface area (Å²) in [6.45, 7) is 3.83. The van der Waals surface area contributed by atoms with E-state index in [9.17, 15) is 9.59 Å².